The molecule has 27 heavy (non-hydrogen) atoms. The summed E-state index contributed by atoms with van der Waals surface area (Å²) in [5, 5.41) is 2.97. The number of nitrogens with one attached hydrogen (secondary N) is 1. The van der Waals surface area contributed by atoms with Crippen LogP contribution >= 0.6 is 0 Å². The maximum Gasteiger partial charge on any atom is 0.251 e. The zero-order chi connectivity index (χ0) is 19.2. The van der Waals surface area contributed by atoms with E-state index in [0.29, 0.717) is 11.5 Å². The Kier molecular flexibility index (Phi) is 5.87. The van der Waals surface area contributed by atoms with Crippen molar-refractivity contribution in [2.24, 2.45) is 5.92 Å². The number of carbonyl (C=O) groups is 1. The largest absolute Gasteiger partial charge is 0.330 e. The summed E-state index contributed by atoms with van der Waals surface area (Å²) in [6.07, 6.45) is 7.51. The quantitative estimate of drug-likeness (QED) is 0.617. The molecule has 0 aliphatic rings. The molecule has 0 saturated heterocycles. The zero-order valence-electron chi connectivity index (χ0n) is 16.0. The molecule has 4 heteroatoms. The summed E-state index contributed by atoms with van der Waals surface area (Å²) in [7, 11) is 0. The maximum atomic E-state index is 12.4. The minimum absolute atomic E-state index is 0.0957. The third kappa shape index (κ3) is 4.73. The van der Waals surface area contributed by atoms with Gasteiger partial charge in [-0.1, -0.05) is 56.3 Å². The summed E-state index contributed by atoms with van der Waals surface area (Å²) in [5.74, 6) is 0.331. The van der Waals surface area contributed by atoms with Crippen LogP contribution in [-0.4, -0.2) is 15.5 Å². The van der Waals surface area contributed by atoms with Crippen molar-refractivity contribution in [2.45, 2.75) is 26.8 Å². The molecule has 3 rings (SSSR count). The van der Waals surface area contributed by atoms with E-state index in [0.717, 1.165) is 11.3 Å². The molecule has 0 radical (unpaired) electrons. The Morgan fingerprint density at radius 1 is 1.07 bits per heavy atom. The number of hydrogen-bond acceptors (Lipinski definition) is 2. The number of amides is 1. The fourth-order valence-corrected chi connectivity index (χ4v) is 3.19. The SMILES string of the molecule is C/C(=C\c1ccccc1)C(=O)Nc1ccc(C(C(C)C)n2ccnc2)cc1. The second kappa shape index (κ2) is 8.49. The first-order chi connectivity index (χ1) is 13.0. The van der Waals surface area contributed by atoms with Crippen molar-refractivity contribution in [3.8, 4) is 0 Å². The van der Waals surface area contributed by atoms with Crippen molar-refractivity contribution in [3.63, 3.8) is 0 Å². The van der Waals surface area contributed by atoms with Crippen LogP contribution < -0.4 is 5.32 Å². The lowest BCUT2D eigenvalue weighted by atomic mass is 9.95. The molecular formula is C23H25N3O. The number of hydrogen-bond donors (Lipinski definition) is 1. The minimum Gasteiger partial charge on any atom is -0.330 e. The topological polar surface area (TPSA) is 46.9 Å². The van der Waals surface area contributed by atoms with Crippen LogP contribution in [0.3, 0.4) is 0 Å². The summed E-state index contributed by atoms with van der Waals surface area (Å²) in [4.78, 5) is 16.6. The van der Waals surface area contributed by atoms with E-state index in [4.69, 9.17) is 0 Å². The molecule has 4 nitrogen and oxygen atoms in total. The van der Waals surface area contributed by atoms with Crippen molar-refractivity contribution < 1.29 is 4.79 Å². The number of aromatic nitrogens is 2. The Hall–Kier alpha value is -3.14. The highest BCUT2D eigenvalue weighted by molar-refractivity contribution is 6.06. The lowest BCUT2D eigenvalue weighted by Crippen LogP contribution is -2.16. The molecule has 0 bridgehead atoms. The fourth-order valence-electron chi connectivity index (χ4n) is 3.19. The highest BCUT2D eigenvalue weighted by atomic mass is 16.1. The van der Waals surface area contributed by atoms with Crippen molar-refractivity contribution in [1.29, 1.82) is 0 Å². The molecule has 138 valence electrons. The van der Waals surface area contributed by atoms with E-state index < -0.39 is 0 Å². The van der Waals surface area contributed by atoms with E-state index in [1.54, 1.807) is 6.20 Å². The van der Waals surface area contributed by atoms with Crippen LogP contribution in [0.5, 0.6) is 0 Å². The monoisotopic (exact) mass is 359 g/mol. The Balaban J connectivity index is 1.72. The first kappa shape index (κ1) is 18.6. The van der Waals surface area contributed by atoms with Crippen molar-refractivity contribution >= 4 is 17.7 Å². The molecule has 2 aromatic carbocycles. The van der Waals surface area contributed by atoms with Crippen LogP contribution in [0.25, 0.3) is 6.08 Å². The van der Waals surface area contributed by atoms with Gasteiger partial charge in [-0.2, -0.15) is 0 Å². The first-order valence-electron chi connectivity index (χ1n) is 9.16. The smallest absolute Gasteiger partial charge is 0.251 e. The Bertz CT molecular complexity index is 895. The van der Waals surface area contributed by atoms with Crippen molar-refractivity contribution in [3.05, 3.63) is 90.0 Å². The number of benzene rings is 2. The maximum absolute atomic E-state index is 12.4. The molecule has 1 N–H and O–H groups in total. The second-order valence-electron chi connectivity index (χ2n) is 7.01. The van der Waals surface area contributed by atoms with Gasteiger partial charge in [-0.3, -0.25) is 4.79 Å². The lowest BCUT2D eigenvalue weighted by molar-refractivity contribution is -0.112. The molecule has 1 unspecified atom stereocenters. The Labute approximate surface area is 160 Å². The highest BCUT2D eigenvalue weighted by Crippen LogP contribution is 2.27. The zero-order valence-corrected chi connectivity index (χ0v) is 16.0. The van der Waals surface area contributed by atoms with E-state index in [9.17, 15) is 4.79 Å². The predicted molar refractivity (Wildman–Crippen MR) is 110 cm³/mol. The third-order valence-corrected chi connectivity index (χ3v) is 4.53. The average molecular weight is 359 g/mol. The predicted octanol–water partition coefficient (Wildman–Crippen LogP) is 5.17. The standard InChI is InChI=1S/C23H25N3O/c1-17(2)22(26-14-13-24-16-26)20-9-11-21(12-10-20)25-23(27)18(3)15-19-7-5-4-6-8-19/h4-17,22H,1-3H3,(H,25,27)/b18-15+. The number of imidazole rings is 1. The number of anilines is 1. The van der Waals surface area contributed by atoms with Gasteiger partial charge in [-0.25, -0.2) is 4.98 Å². The van der Waals surface area contributed by atoms with Gasteiger partial charge in [0.05, 0.1) is 12.4 Å². The summed E-state index contributed by atoms with van der Waals surface area (Å²) >= 11 is 0. The Morgan fingerprint density at radius 3 is 2.37 bits per heavy atom. The molecule has 1 atom stereocenters. The molecule has 1 heterocycles. The van der Waals surface area contributed by atoms with Gasteiger partial charge in [-0.15, -0.1) is 0 Å². The van der Waals surface area contributed by atoms with Gasteiger partial charge in [-0.05, 0) is 42.2 Å². The molecule has 0 saturated carbocycles. The normalized spacial score (nSPS) is 12.8. The fraction of sp³-hybridized carbons (Fsp3) is 0.217. The molecular weight excluding hydrogens is 334 g/mol. The van der Waals surface area contributed by atoms with Gasteiger partial charge < -0.3 is 9.88 Å². The molecule has 1 amide bonds. The number of carbonyl (C=O) groups excluding carboxylic acids is 1. The van der Waals surface area contributed by atoms with Crippen LogP contribution in [0, 0.1) is 5.92 Å². The van der Waals surface area contributed by atoms with Crippen molar-refractivity contribution in [2.75, 3.05) is 5.32 Å². The van der Waals surface area contributed by atoms with E-state index in [-0.39, 0.29) is 11.9 Å². The number of nitrogens with zero attached hydrogens (tertiary/aromatic N) is 2. The van der Waals surface area contributed by atoms with Crippen LogP contribution in [0.15, 0.2) is 78.9 Å². The Morgan fingerprint density at radius 2 is 1.78 bits per heavy atom. The minimum atomic E-state index is -0.0957. The summed E-state index contributed by atoms with van der Waals surface area (Å²) in [6, 6.07) is 18.1. The van der Waals surface area contributed by atoms with Crippen LogP contribution in [0.2, 0.25) is 0 Å². The molecule has 0 aliphatic heterocycles. The van der Waals surface area contributed by atoms with Gasteiger partial charge in [0.15, 0.2) is 0 Å². The van der Waals surface area contributed by atoms with E-state index in [1.807, 2.05) is 68.0 Å². The van der Waals surface area contributed by atoms with Crippen molar-refractivity contribution in [1.82, 2.24) is 9.55 Å². The van der Waals surface area contributed by atoms with Crippen LogP contribution in [-0.2, 0) is 4.79 Å². The molecule has 0 spiro atoms. The average Bonchev–Trinajstić information content (AvgIpc) is 3.18. The molecule has 3 aromatic rings. The van der Waals surface area contributed by atoms with Gasteiger partial charge in [0.2, 0.25) is 0 Å². The summed E-state index contributed by atoms with van der Waals surface area (Å²) in [5.41, 5.74) is 3.67. The summed E-state index contributed by atoms with van der Waals surface area (Å²) in [6.45, 7) is 6.21. The van der Waals surface area contributed by atoms with E-state index in [2.05, 4.69) is 40.8 Å². The van der Waals surface area contributed by atoms with Crippen LogP contribution in [0.1, 0.15) is 37.9 Å². The highest BCUT2D eigenvalue weighted by Gasteiger charge is 2.17. The second-order valence-corrected chi connectivity index (χ2v) is 7.01. The number of rotatable bonds is 6. The third-order valence-electron chi connectivity index (χ3n) is 4.53. The van der Waals surface area contributed by atoms with E-state index in [1.165, 1.54) is 5.56 Å². The summed E-state index contributed by atoms with van der Waals surface area (Å²) < 4.78 is 2.12. The van der Waals surface area contributed by atoms with E-state index >= 15 is 0 Å². The lowest BCUT2D eigenvalue weighted by Gasteiger charge is -2.23. The molecule has 0 fully saturated rings. The molecule has 0 aliphatic carbocycles. The first-order valence-corrected chi connectivity index (χ1v) is 9.16. The van der Waals surface area contributed by atoms with Gasteiger partial charge in [0.1, 0.15) is 0 Å². The van der Waals surface area contributed by atoms with Crippen LogP contribution in [0.4, 0.5) is 5.69 Å². The van der Waals surface area contributed by atoms with Gasteiger partial charge in [0.25, 0.3) is 5.91 Å². The van der Waals surface area contributed by atoms with Gasteiger partial charge >= 0.3 is 0 Å². The van der Waals surface area contributed by atoms with Gasteiger partial charge in [0, 0.05) is 23.7 Å². The molecule has 1 aromatic heterocycles.